The first-order chi connectivity index (χ1) is 5.41. The molecule has 0 spiro atoms. The number of ether oxygens (including phenoxy) is 1. The molecule has 0 unspecified atom stereocenters. The van der Waals surface area contributed by atoms with Gasteiger partial charge in [0, 0.05) is 0 Å². The molecular weight excluding hydrogens is 164 g/mol. The van der Waals surface area contributed by atoms with Gasteiger partial charge in [-0.05, 0) is 6.92 Å². The maximum Gasteiger partial charge on any atom is 0.404 e. The van der Waals surface area contributed by atoms with Crippen molar-refractivity contribution < 1.29 is 19.4 Å². The molecular formula is C6H12N2O4. The first-order valence-electron chi connectivity index (χ1n) is 3.01. The number of rotatable bonds is 2. The van der Waals surface area contributed by atoms with Gasteiger partial charge in [0.2, 0.25) is 0 Å². The summed E-state index contributed by atoms with van der Waals surface area (Å²) in [5.41, 5.74) is 8.86. The molecule has 0 aliphatic rings. The van der Waals surface area contributed by atoms with E-state index in [0.717, 1.165) is 0 Å². The quantitative estimate of drug-likeness (QED) is 0.497. The molecule has 0 fully saturated rings. The van der Waals surface area contributed by atoms with Crippen molar-refractivity contribution in [1.82, 2.24) is 0 Å². The van der Waals surface area contributed by atoms with Crippen LogP contribution in [0.5, 0.6) is 0 Å². The van der Waals surface area contributed by atoms with Crippen LogP contribution in [0.2, 0.25) is 0 Å². The minimum atomic E-state index is -1.16. The highest BCUT2D eigenvalue weighted by molar-refractivity contribution is 5.84. The molecule has 6 heteroatoms. The lowest BCUT2D eigenvalue weighted by Crippen LogP contribution is -2.11. The highest BCUT2D eigenvalue weighted by atomic mass is 16.5. The molecule has 6 nitrogen and oxygen atoms in total. The van der Waals surface area contributed by atoms with Crippen LogP contribution >= 0.6 is 0 Å². The number of primary amides is 1. The van der Waals surface area contributed by atoms with Crippen molar-refractivity contribution in [2.24, 2.45) is 11.5 Å². The zero-order valence-corrected chi connectivity index (χ0v) is 6.74. The van der Waals surface area contributed by atoms with E-state index >= 15 is 0 Å². The SMILES string of the molecule is C=C(N)C(=O)O.CCOC(N)=O. The van der Waals surface area contributed by atoms with E-state index in [4.69, 9.17) is 5.11 Å². The van der Waals surface area contributed by atoms with Crippen molar-refractivity contribution in [3.05, 3.63) is 12.3 Å². The van der Waals surface area contributed by atoms with E-state index in [2.05, 4.69) is 22.8 Å². The van der Waals surface area contributed by atoms with E-state index in [-0.39, 0.29) is 5.70 Å². The zero-order valence-electron chi connectivity index (χ0n) is 6.74. The molecule has 0 bridgehead atoms. The third-order valence-corrected chi connectivity index (χ3v) is 0.561. The highest BCUT2D eigenvalue weighted by Crippen LogP contribution is 1.69. The van der Waals surface area contributed by atoms with Crippen molar-refractivity contribution in [3.63, 3.8) is 0 Å². The molecule has 0 saturated heterocycles. The molecule has 0 saturated carbocycles. The second-order valence-corrected chi connectivity index (χ2v) is 1.58. The molecule has 0 atom stereocenters. The number of carbonyl (C=O) groups is 2. The van der Waals surface area contributed by atoms with Gasteiger partial charge in [-0.25, -0.2) is 9.59 Å². The number of amides is 1. The molecule has 12 heavy (non-hydrogen) atoms. The predicted molar refractivity (Wildman–Crippen MR) is 42.2 cm³/mol. The van der Waals surface area contributed by atoms with Gasteiger partial charge in [0.25, 0.3) is 0 Å². The van der Waals surface area contributed by atoms with Gasteiger partial charge >= 0.3 is 12.1 Å². The van der Waals surface area contributed by atoms with E-state index < -0.39 is 12.1 Å². The third kappa shape index (κ3) is 15.7. The van der Waals surface area contributed by atoms with E-state index in [1.54, 1.807) is 6.92 Å². The average molecular weight is 176 g/mol. The van der Waals surface area contributed by atoms with Gasteiger partial charge in [-0.1, -0.05) is 6.58 Å². The molecule has 0 aliphatic carbocycles. The number of nitrogens with two attached hydrogens (primary N) is 2. The number of aliphatic carboxylic acids is 1. The fourth-order valence-electron chi connectivity index (χ4n) is 0.142. The summed E-state index contributed by atoms with van der Waals surface area (Å²) in [6.45, 7) is 4.99. The lowest BCUT2D eigenvalue weighted by Gasteiger charge is -1.89. The van der Waals surface area contributed by atoms with Gasteiger partial charge in [-0.3, -0.25) is 0 Å². The summed E-state index contributed by atoms with van der Waals surface area (Å²) in [6, 6.07) is 0. The Morgan fingerprint density at radius 2 is 1.83 bits per heavy atom. The topological polar surface area (TPSA) is 116 Å². The Bertz CT molecular complexity index is 166. The zero-order chi connectivity index (χ0) is 10.1. The standard InChI is InChI=1S/C3H7NO2.C3H5NO2/c1-2-6-3(4)5;1-2(4)3(5)6/h2H2,1H3,(H2,4,5);1,4H2,(H,5,6). The lowest BCUT2D eigenvalue weighted by atomic mass is 10.5. The average Bonchev–Trinajstić information content (AvgIpc) is 1.87. The second kappa shape index (κ2) is 7.39. The van der Waals surface area contributed by atoms with Gasteiger partial charge in [-0.2, -0.15) is 0 Å². The molecule has 0 aromatic heterocycles. The molecule has 0 radical (unpaired) electrons. The molecule has 0 rings (SSSR count). The Kier molecular flexibility index (Phi) is 7.95. The molecule has 0 aromatic carbocycles. The summed E-state index contributed by atoms with van der Waals surface area (Å²) in [5, 5.41) is 7.77. The van der Waals surface area contributed by atoms with E-state index in [9.17, 15) is 9.59 Å². The molecule has 0 heterocycles. The molecule has 5 N–H and O–H groups in total. The van der Waals surface area contributed by atoms with Gasteiger partial charge < -0.3 is 21.3 Å². The molecule has 0 aromatic rings. The van der Waals surface area contributed by atoms with E-state index in [0.29, 0.717) is 6.61 Å². The fourth-order valence-corrected chi connectivity index (χ4v) is 0.142. The van der Waals surface area contributed by atoms with Crippen LogP contribution in [0.15, 0.2) is 12.3 Å². The Labute approximate surface area is 69.8 Å². The van der Waals surface area contributed by atoms with Crippen LogP contribution in [0.1, 0.15) is 6.92 Å². The maximum absolute atomic E-state index is 9.60. The van der Waals surface area contributed by atoms with Crippen LogP contribution in [-0.4, -0.2) is 23.8 Å². The first-order valence-corrected chi connectivity index (χ1v) is 3.01. The van der Waals surface area contributed by atoms with Crippen molar-refractivity contribution in [2.75, 3.05) is 6.61 Å². The van der Waals surface area contributed by atoms with E-state index in [1.807, 2.05) is 0 Å². The number of carbonyl (C=O) groups excluding carboxylic acids is 1. The Balaban J connectivity index is 0. The van der Waals surface area contributed by atoms with Crippen molar-refractivity contribution in [1.29, 1.82) is 0 Å². The molecule has 0 aliphatic heterocycles. The molecule has 1 amide bonds. The van der Waals surface area contributed by atoms with E-state index in [1.165, 1.54) is 0 Å². The number of carboxylic acids is 1. The van der Waals surface area contributed by atoms with Crippen LogP contribution < -0.4 is 11.5 Å². The van der Waals surface area contributed by atoms with Crippen molar-refractivity contribution >= 4 is 12.1 Å². The number of hydrogen-bond acceptors (Lipinski definition) is 4. The monoisotopic (exact) mass is 176 g/mol. The van der Waals surface area contributed by atoms with Gasteiger partial charge in [0.1, 0.15) is 5.70 Å². The lowest BCUT2D eigenvalue weighted by molar-refractivity contribution is -0.132. The summed E-state index contributed by atoms with van der Waals surface area (Å²) >= 11 is 0. The summed E-state index contributed by atoms with van der Waals surface area (Å²) in [7, 11) is 0. The van der Waals surface area contributed by atoms with Crippen LogP contribution in [0.25, 0.3) is 0 Å². The minimum Gasteiger partial charge on any atom is -0.477 e. The second-order valence-electron chi connectivity index (χ2n) is 1.58. The Morgan fingerprint density at radius 3 is 1.83 bits per heavy atom. The summed E-state index contributed by atoms with van der Waals surface area (Å²) < 4.78 is 4.18. The maximum atomic E-state index is 9.60. The molecule has 70 valence electrons. The van der Waals surface area contributed by atoms with Gasteiger partial charge in [0.15, 0.2) is 0 Å². The van der Waals surface area contributed by atoms with Gasteiger partial charge in [-0.15, -0.1) is 0 Å². The van der Waals surface area contributed by atoms with Crippen LogP contribution in [0.3, 0.4) is 0 Å². The first kappa shape index (κ1) is 12.9. The van der Waals surface area contributed by atoms with Crippen molar-refractivity contribution in [3.8, 4) is 0 Å². The smallest absolute Gasteiger partial charge is 0.404 e. The largest absolute Gasteiger partial charge is 0.477 e. The summed E-state index contributed by atoms with van der Waals surface area (Å²) in [5.74, 6) is -1.16. The summed E-state index contributed by atoms with van der Waals surface area (Å²) in [4.78, 5) is 19.1. The fraction of sp³-hybridized carbons (Fsp3) is 0.333. The Morgan fingerprint density at radius 1 is 1.50 bits per heavy atom. The van der Waals surface area contributed by atoms with Crippen molar-refractivity contribution in [2.45, 2.75) is 6.92 Å². The van der Waals surface area contributed by atoms with Crippen LogP contribution in [0.4, 0.5) is 4.79 Å². The van der Waals surface area contributed by atoms with Crippen LogP contribution in [-0.2, 0) is 9.53 Å². The van der Waals surface area contributed by atoms with Crippen LogP contribution in [0, 0.1) is 0 Å². The normalized spacial score (nSPS) is 7.42. The highest BCUT2D eigenvalue weighted by Gasteiger charge is 1.91. The summed E-state index contributed by atoms with van der Waals surface area (Å²) in [6.07, 6.45) is -0.711. The number of carboxylic acid groups (broad SMARTS) is 1. The Hall–Kier alpha value is -1.72. The van der Waals surface area contributed by atoms with Gasteiger partial charge in [0.05, 0.1) is 6.61 Å². The third-order valence-electron chi connectivity index (χ3n) is 0.561. The predicted octanol–water partition coefficient (Wildman–Crippen LogP) is -0.355. The minimum absolute atomic E-state index is 0.324. The number of hydrogen-bond donors (Lipinski definition) is 3.